The summed E-state index contributed by atoms with van der Waals surface area (Å²) in [5.41, 5.74) is 0.532. The molecule has 1 heterocycles. The van der Waals surface area contributed by atoms with E-state index in [2.05, 4.69) is 4.98 Å². The van der Waals surface area contributed by atoms with Crippen molar-refractivity contribution in [3.05, 3.63) is 34.1 Å². The molecule has 0 aliphatic heterocycles. The molecule has 0 aromatic carbocycles. The molecule has 0 amide bonds. The molecule has 1 N–H and O–H groups in total. The van der Waals surface area contributed by atoms with E-state index < -0.39 is 5.97 Å². The number of rotatable bonds is 2. The lowest BCUT2D eigenvalue weighted by atomic mass is 10.2. The van der Waals surface area contributed by atoms with E-state index >= 15 is 0 Å². The molecule has 0 radical (unpaired) electrons. The quantitative estimate of drug-likeness (QED) is 0.612. The summed E-state index contributed by atoms with van der Waals surface area (Å²) in [5.74, 6) is -1.04. The van der Waals surface area contributed by atoms with Crippen LogP contribution in [0, 0.1) is 0 Å². The van der Waals surface area contributed by atoms with Gasteiger partial charge in [0, 0.05) is 12.3 Å². The van der Waals surface area contributed by atoms with Gasteiger partial charge in [0.05, 0.1) is 5.02 Å². The van der Waals surface area contributed by atoms with Crippen molar-refractivity contribution < 1.29 is 9.90 Å². The Morgan fingerprint density at radius 2 is 2.23 bits per heavy atom. The molecule has 0 saturated heterocycles. The highest BCUT2D eigenvalue weighted by molar-refractivity contribution is 6.42. The molecule has 1 aromatic rings. The number of nitrogens with zero attached hydrogens (tertiary/aromatic N) is 1. The number of pyridine rings is 1. The summed E-state index contributed by atoms with van der Waals surface area (Å²) in [6.07, 6.45) is 3.80. The summed E-state index contributed by atoms with van der Waals surface area (Å²) < 4.78 is 0. The Balaban J connectivity index is 3.02. The molecule has 0 atom stereocenters. The number of carboxylic acids is 1. The highest BCUT2D eigenvalue weighted by atomic mass is 35.5. The van der Waals surface area contributed by atoms with E-state index in [4.69, 9.17) is 28.3 Å². The van der Waals surface area contributed by atoms with Gasteiger partial charge in [0.15, 0.2) is 0 Å². The molecule has 0 aliphatic rings. The predicted molar refractivity (Wildman–Crippen MR) is 50.9 cm³/mol. The summed E-state index contributed by atoms with van der Waals surface area (Å²) in [6, 6.07) is 1.58. The summed E-state index contributed by atoms with van der Waals surface area (Å²) in [7, 11) is 0. The van der Waals surface area contributed by atoms with Crippen LogP contribution >= 0.6 is 23.2 Å². The Hall–Kier alpha value is -1.06. The minimum Gasteiger partial charge on any atom is -0.478 e. The molecule has 0 fully saturated rings. The van der Waals surface area contributed by atoms with E-state index in [1.807, 2.05) is 0 Å². The summed E-state index contributed by atoms with van der Waals surface area (Å²) in [5, 5.41) is 8.77. The van der Waals surface area contributed by atoms with Crippen molar-refractivity contribution in [2.24, 2.45) is 0 Å². The van der Waals surface area contributed by atoms with Crippen LogP contribution in [0.2, 0.25) is 10.2 Å². The maximum absolute atomic E-state index is 10.2. The number of hydrogen-bond acceptors (Lipinski definition) is 2. The second kappa shape index (κ2) is 4.25. The van der Waals surface area contributed by atoms with Gasteiger partial charge in [-0.25, -0.2) is 9.78 Å². The summed E-state index contributed by atoms with van der Waals surface area (Å²) >= 11 is 11.3. The third-order valence-corrected chi connectivity index (χ3v) is 2.06. The minimum atomic E-state index is -1.04. The van der Waals surface area contributed by atoms with Gasteiger partial charge in [0.25, 0.3) is 0 Å². The molecule has 1 rings (SSSR count). The van der Waals surface area contributed by atoms with E-state index in [-0.39, 0.29) is 10.2 Å². The lowest BCUT2D eigenvalue weighted by molar-refractivity contribution is -0.131. The zero-order valence-corrected chi connectivity index (χ0v) is 7.88. The maximum Gasteiger partial charge on any atom is 0.328 e. The first-order valence-corrected chi connectivity index (χ1v) is 4.08. The van der Waals surface area contributed by atoms with Crippen LogP contribution in [0.25, 0.3) is 6.08 Å². The zero-order chi connectivity index (χ0) is 9.84. The van der Waals surface area contributed by atoms with Crippen molar-refractivity contribution in [2.75, 3.05) is 0 Å². The van der Waals surface area contributed by atoms with Gasteiger partial charge >= 0.3 is 5.97 Å². The molecule has 3 nitrogen and oxygen atoms in total. The van der Waals surface area contributed by atoms with Crippen molar-refractivity contribution in [3.8, 4) is 0 Å². The molecule has 0 bridgehead atoms. The van der Waals surface area contributed by atoms with Gasteiger partial charge in [-0.15, -0.1) is 0 Å². The van der Waals surface area contributed by atoms with Gasteiger partial charge in [-0.3, -0.25) is 0 Å². The van der Waals surface area contributed by atoms with Crippen molar-refractivity contribution in [1.29, 1.82) is 0 Å². The van der Waals surface area contributed by atoms with Crippen LogP contribution in [0.4, 0.5) is 0 Å². The Labute approximate surface area is 84.6 Å². The fraction of sp³-hybridized carbons (Fsp3) is 0. The standard InChI is InChI=1S/C8H5Cl2NO2/c9-7-5(1-2-6(12)13)3-4-11-8(7)10/h1-4H,(H,12,13). The largest absolute Gasteiger partial charge is 0.478 e. The molecule has 0 spiro atoms. The normalized spacial score (nSPS) is 10.6. The molecule has 68 valence electrons. The third-order valence-electron chi connectivity index (χ3n) is 1.28. The van der Waals surface area contributed by atoms with Crippen molar-refractivity contribution in [1.82, 2.24) is 4.98 Å². The Morgan fingerprint density at radius 1 is 1.54 bits per heavy atom. The average Bonchev–Trinajstić information content (AvgIpc) is 2.07. The molecular formula is C8H5Cl2NO2. The van der Waals surface area contributed by atoms with Crippen LogP contribution < -0.4 is 0 Å². The number of halogens is 2. The summed E-state index contributed by atoms with van der Waals surface area (Å²) in [6.45, 7) is 0. The zero-order valence-electron chi connectivity index (χ0n) is 6.37. The van der Waals surface area contributed by atoms with Crippen LogP contribution in [0.1, 0.15) is 5.56 Å². The van der Waals surface area contributed by atoms with E-state index in [0.717, 1.165) is 6.08 Å². The van der Waals surface area contributed by atoms with Gasteiger partial charge in [-0.2, -0.15) is 0 Å². The molecule has 13 heavy (non-hydrogen) atoms. The molecule has 0 saturated carbocycles. The Bertz CT molecular complexity index is 363. The van der Waals surface area contributed by atoms with E-state index in [0.29, 0.717) is 5.56 Å². The first-order valence-electron chi connectivity index (χ1n) is 3.32. The van der Waals surface area contributed by atoms with Gasteiger partial charge in [0.1, 0.15) is 5.15 Å². The number of carboxylic acid groups (broad SMARTS) is 1. The van der Waals surface area contributed by atoms with Crippen LogP contribution in [0.15, 0.2) is 18.3 Å². The molecule has 1 aromatic heterocycles. The van der Waals surface area contributed by atoms with Crippen LogP contribution in [-0.4, -0.2) is 16.1 Å². The molecule has 5 heteroatoms. The summed E-state index contributed by atoms with van der Waals surface area (Å²) in [4.78, 5) is 13.9. The van der Waals surface area contributed by atoms with E-state index in [1.54, 1.807) is 6.07 Å². The SMILES string of the molecule is O=C(O)C=Cc1ccnc(Cl)c1Cl. The first-order chi connectivity index (χ1) is 6.11. The predicted octanol–water partition coefficient (Wildman–Crippen LogP) is 2.49. The van der Waals surface area contributed by atoms with Crippen LogP contribution in [-0.2, 0) is 4.79 Å². The number of aliphatic carboxylic acids is 1. The molecule has 0 unspecified atom stereocenters. The van der Waals surface area contributed by atoms with Crippen LogP contribution in [0.5, 0.6) is 0 Å². The first kappa shape index (κ1) is 10.0. The van der Waals surface area contributed by atoms with Crippen LogP contribution in [0.3, 0.4) is 0 Å². The maximum atomic E-state index is 10.2. The molecule has 0 aliphatic carbocycles. The fourth-order valence-corrected chi connectivity index (χ4v) is 1.06. The second-order valence-electron chi connectivity index (χ2n) is 2.18. The smallest absolute Gasteiger partial charge is 0.328 e. The second-order valence-corrected chi connectivity index (χ2v) is 2.91. The van der Waals surface area contributed by atoms with Crippen molar-refractivity contribution in [2.45, 2.75) is 0 Å². The highest BCUT2D eigenvalue weighted by Crippen LogP contribution is 2.23. The fourth-order valence-electron chi connectivity index (χ4n) is 0.722. The van der Waals surface area contributed by atoms with Gasteiger partial charge < -0.3 is 5.11 Å². The third kappa shape index (κ3) is 2.72. The monoisotopic (exact) mass is 217 g/mol. The van der Waals surface area contributed by atoms with E-state index in [1.165, 1.54) is 12.3 Å². The lowest BCUT2D eigenvalue weighted by Gasteiger charge is -1.97. The van der Waals surface area contributed by atoms with Crippen molar-refractivity contribution in [3.63, 3.8) is 0 Å². The highest BCUT2D eigenvalue weighted by Gasteiger charge is 2.02. The van der Waals surface area contributed by atoms with Crippen molar-refractivity contribution >= 4 is 35.2 Å². The minimum absolute atomic E-state index is 0.161. The Kier molecular flexibility index (Phi) is 3.28. The lowest BCUT2D eigenvalue weighted by Crippen LogP contribution is -1.87. The van der Waals surface area contributed by atoms with Gasteiger partial charge in [-0.05, 0) is 17.7 Å². The Morgan fingerprint density at radius 3 is 2.85 bits per heavy atom. The van der Waals surface area contributed by atoms with Gasteiger partial charge in [0.2, 0.25) is 0 Å². The van der Waals surface area contributed by atoms with Gasteiger partial charge in [-0.1, -0.05) is 23.2 Å². The number of hydrogen-bond donors (Lipinski definition) is 1. The number of carbonyl (C=O) groups is 1. The molecular weight excluding hydrogens is 213 g/mol. The topological polar surface area (TPSA) is 50.2 Å². The number of aromatic nitrogens is 1. The average molecular weight is 218 g/mol. The van der Waals surface area contributed by atoms with E-state index in [9.17, 15) is 4.79 Å².